The highest BCUT2D eigenvalue weighted by Crippen LogP contribution is 2.28. The average Bonchev–Trinajstić information content (AvgIpc) is 2.73. The molecule has 16 heavy (non-hydrogen) atoms. The third kappa shape index (κ3) is 9.21. The molecule has 1 fully saturated rings. The van der Waals surface area contributed by atoms with E-state index in [1.54, 1.807) is 0 Å². The fourth-order valence-electron chi connectivity index (χ4n) is 1.06. The van der Waals surface area contributed by atoms with Crippen molar-refractivity contribution in [1.29, 1.82) is 0 Å². The van der Waals surface area contributed by atoms with Crippen LogP contribution in [0.5, 0.6) is 0 Å². The molecule has 1 heteroatoms. The lowest BCUT2D eigenvalue weighted by molar-refractivity contribution is 0.188. The maximum atomic E-state index is 5.06. The second kappa shape index (κ2) is 10.1. The van der Waals surface area contributed by atoms with Crippen LogP contribution in [0.1, 0.15) is 68.2 Å². The van der Waals surface area contributed by atoms with Crippen LogP contribution in [0.15, 0.2) is 0 Å². The summed E-state index contributed by atoms with van der Waals surface area (Å²) in [5.74, 6) is 1.64. The van der Waals surface area contributed by atoms with Gasteiger partial charge in [-0.15, -0.1) is 0 Å². The molecule has 0 radical (unpaired) electrons. The Morgan fingerprint density at radius 2 is 1.75 bits per heavy atom. The third-order valence-corrected chi connectivity index (χ3v) is 3.63. The van der Waals surface area contributed by atoms with Gasteiger partial charge in [0.05, 0.1) is 0 Å². The maximum absolute atomic E-state index is 5.06. The Labute approximate surface area is 104 Å². The summed E-state index contributed by atoms with van der Waals surface area (Å²) in [6.07, 6.45) is 2.55. The highest BCUT2D eigenvalue weighted by Gasteiger charge is 2.18. The lowest BCUT2D eigenvalue weighted by Gasteiger charge is -2.27. The molecule has 0 aromatic heterocycles. The van der Waals surface area contributed by atoms with Crippen molar-refractivity contribution < 1.29 is 4.74 Å². The Balaban J connectivity index is 0. The number of hydrogen-bond donors (Lipinski definition) is 0. The van der Waals surface area contributed by atoms with E-state index in [9.17, 15) is 0 Å². The van der Waals surface area contributed by atoms with E-state index in [1.165, 1.54) is 12.8 Å². The van der Waals surface area contributed by atoms with E-state index in [4.69, 9.17) is 4.74 Å². The van der Waals surface area contributed by atoms with Gasteiger partial charge >= 0.3 is 0 Å². The van der Waals surface area contributed by atoms with Gasteiger partial charge < -0.3 is 4.74 Å². The van der Waals surface area contributed by atoms with Crippen molar-refractivity contribution in [3.8, 4) is 0 Å². The van der Waals surface area contributed by atoms with Gasteiger partial charge in [-0.2, -0.15) is 0 Å². The Morgan fingerprint density at radius 1 is 1.25 bits per heavy atom. The van der Waals surface area contributed by atoms with Crippen molar-refractivity contribution in [3.63, 3.8) is 0 Å². The van der Waals surface area contributed by atoms with Crippen molar-refractivity contribution in [2.45, 2.75) is 68.2 Å². The highest BCUT2D eigenvalue weighted by molar-refractivity contribution is 4.69. The van der Waals surface area contributed by atoms with Crippen molar-refractivity contribution in [1.82, 2.24) is 0 Å². The zero-order valence-electron chi connectivity index (χ0n) is 12.9. The molecule has 1 unspecified atom stereocenters. The largest absolute Gasteiger partial charge is 0.381 e. The molecule has 1 saturated heterocycles. The van der Waals surface area contributed by atoms with Gasteiger partial charge in [-0.25, -0.2) is 0 Å². The summed E-state index contributed by atoms with van der Waals surface area (Å²) in [7, 11) is 0. The Morgan fingerprint density at radius 3 is 1.81 bits per heavy atom. The fourth-order valence-corrected chi connectivity index (χ4v) is 1.06. The molecular formula is C15H34O. The standard InChI is InChI=1S/C8H18.C5H10O.C2H6/c1-6-8(4,5)7(2)3;1-5-2-3-6-4-5;1-2/h7H,6H2,1-5H3;5H,2-4H2,1H3;1-2H3. The van der Waals surface area contributed by atoms with Crippen LogP contribution in [0.4, 0.5) is 0 Å². The molecule has 0 bridgehead atoms. The molecule has 100 valence electrons. The summed E-state index contributed by atoms with van der Waals surface area (Å²) < 4.78 is 5.06. The zero-order chi connectivity index (χ0) is 13.2. The number of ether oxygens (including phenoxy) is 1. The molecule has 0 N–H and O–H groups in total. The maximum Gasteiger partial charge on any atom is 0.0492 e. The van der Waals surface area contributed by atoms with Crippen LogP contribution in [0.25, 0.3) is 0 Å². The molecule has 1 nitrogen and oxygen atoms in total. The van der Waals surface area contributed by atoms with Gasteiger partial charge in [-0.1, -0.05) is 61.8 Å². The van der Waals surface area contributed by atoms with Crippen molar-refractivity contribution >= 4 is 0 Å². The summed E-state index contributed by atoms with van der Waals surface area (Å²) in [5, 5.41) is 0. The predicted molar refractivity (Wildman–Crippen MR) is 74.9 cm³/mol. The Kier molecular flexibility index (Phi) is 11.6. The quantitative estimate of drug-likeness (QED) is 0.637. The van der Waals surface area contributed by atoms with Crippen LogP contribution in [-0.2, 0) is 4.74 Å². The molecule has 0 amide bonds. The topological polar surface area (TPSA) is 9.23 Å². The first-order valence-electron chi connectivity index (χ1n) is 6.98. The second-order valence-corrected chi connectivity index (χ2v) is 5.47. The van der Waals surface area contributed by atoms with Crippen LogP contribution in [0.3, 0.4) is 0 Å². The summed E-state index contributed by atoms with van der Waals surface area (Å²) in [4.78, 5) is 0. The number of rotatable bonds is 2. The number of hydrogen-bond acceptors (Lipinski definition) is 1. The predicted octanol–water partition coefficient (Wildman–Crippen LogP) is 5.15. The summed E-state index contributed by atoms with van der Waals surface area (Å²) in [6.45, 7) is 19.6. The molecule has 0 spiro atoms. The van der Waals surface area contributed by atoms with Crippen LogP contribution in [0, 0.1) is 17.3 Å². The molecule has 1 heterocycles. The minimum atomic E-state index is 0.542. The fraction of sp³-hybridized carbons (Fsp3) is 1.00. The zero-order valence-corrected chi connectivity index (χ0v) is 12.9. The van der Waals surface area contributed by atoms with Gasteiger partial charge in [0.15, 0.2) is 0 Å². The highest BCUT2D eigenvalue weighted by atomic mass is 16.5. The minimum Gasteiger partial charge on any atom is -0.381 e. The van der Waals surface area contributed by atoms with E-state index in [-0.39, 0.29) is 0 Å². The van der Waals surface area contributed by atoms with Crippen LogP contribution < -0.4 is 0 Å². The smallest absolute Gasteiger partial charge is 0.0492 e. The van der Waals surface area contributed by atoms with Crippen molar-refractivity contribution in [3.05, 3.63) is 0 Å². The lowest BCUT2D eigenvalue weighted by atomic mass is 9.79. The van der Waals surface area contributed by atoms with Crippen LogP contribution >= 0.6 is 0 Å². The first-order chi connectivity index (χ1) is 7.40. The first kappa shape index (κ1) is 18.3. The van der Waals surface area contributed by atoms with Gasteiger partial charge in [0, 0.05) is 13.2 Å². The summed E-state index contributed by atoms with van der Waals surface area (Å²) in [6, 6.07) is 0. The second-order valence-electron chi connectivity index (χ2n) is 5.47. The van der Waals surface area contributed by atoms with E-state index in [0.29, 0.717) is 5.41 Å². The van der Waals surface area contributed by atoms with Gasteiger partial charge in [-0.05, 0) is 23.7 Å². The Hall–Kier alpha value is -0.0400. The molecular weight excluding hydrogens is 196 g/mol. The molecule has 0 aromatic rings. The summed E-state index contributed by atoms with van der Waals surface area (Å²) >= 11 is 0. The van der Waals surface area contributed by atoms with Crippen LogP contribution in [0.2, 0.25) is 0 Å². The van der Waals surface area contributed by atoms with Gasteiger partial charge in [0.2, 0.25) is 0 Å². The minimum absolute atomic E-state index is 0.542. The molecule has 0 aromatic carbocycles. The molecule has 1 rings (SSSR count). The summed E-state index contributed by atoms with van der Waals surface area (Å²) in [5.41, 5.74) is 0.542. The van der Waals surface area contributed by atoms with Gasteiger partial charge in [-0.3, -0.25) is 0 Å². The van der Waals surface area contributed by atoms with Gasteiger partial charge in [0.25, 0.3) is 0 Å². The van der Waals surface area contributed by atoms with Gasteiger partial charge in [0.1, 0.15) is 0 Å². The van der Waals surface area contributed by atoms with E-state index in [2.05, 4.69) is 41.5 Å². The van der Waals surface area contributed by atoms with Crippen molar-refractivity contribution in [2.75, 3.05) is 13.2 Å². The molecule has 1 aliphatic rings. The van der Waals surface area contributed by atoms with Crippen molar-refractivity contribution in [2.24, 2.45) is 17.3 Å². The van der Waals surface area contributed by atoms with Crippen LogP contribution in [-0.4, -0.2) is 13.2 Å². The molecule has 0 aliphatic carbocycles. The molecule has 1 aliphatic heterocycles. The van der Waals surface area contributed by atoms with E-state index in [0.717, 1.165) is 25.0 Å². The Bertz CT molecular complexity index is 132. The molecule has 0 saturated carbocycles. The third-order valence-electron chi connectivity index (χ3n) is 3.63. The van der Waals surface area contributed by atoms with E-state index >= 15 is 0 Å². The SMILES string of the molecule is CC.CC1CCOC1.CCC(C)(C)C(C)C. The monoisotopic (exact) mass is 230 g/mol. The first-order valence-corrected chi connectivity index (χ1v) is 6.98. The van der Waals surface area contributed by atoms with E-state index < -0.39 is 0 Å². The lowest BCUT2D eigenvalue weighted by Crippen LogP contribution is -2.17. The van der Waals surface area contributed by atoms with E-state index in [1.807, 2.05) is 13.8 Å². The molecule has 1 atom stereocenters. The average molecular weight is 230 g/mol. The normalized spacial score (nSPS) is 19.7.